The maximum absolute atomic E-state index is 13.1. The van der Waals surface area contributed by atoms with Gasteiger partial charge in [0.1, 0.15) is 102 Å². The maximum Gasteiger partial charge on any atom is 0.510 e. The van der Waals surface area contributed by atoms with Crippen molar-refractivity contribution in [1.29, 1.82) is 0 Å². The van der Waals surface area contributed by atoms with Crippen molar-refractivity contribution in [3.05, 3.63) is 88.1 Å². The molecule has 0 spiro atoms. The number of phenolic OH excluding ortho intramolecular Hbond substituents is 3. The van der Waals surface area contributed by atoms with Gasteiger partial charge in [0.05, 0.1) is 24.9 Å². The van der Waals surface area contributed by atoms with E-state index in [2.05, 4.69) is 0 Å². The van der Waals surface area contributed by atoms with E-state index in [-0.39, 0.29) is 45.5 Å². The van der Waals surface area contributed by atoms with Gasteiger partial charge in [0.15, 0.2) is 23.2 Å². The lowest BCUT2D eigenvalue weighted by Crippen LogP contribution is -2.62. The van der Waals surface area contributed by atoms with Crippen LogP contribution in [0, 0.1) is 0 Å². The lowest BCUT2D eigenvalue weighted by Gasteiger charge is -2.46. The summed E-state index contributed by atoms with van der Waals surface area (Å²) in [6.45, 7) is -2.33. The van der Waals surface area contributed by atoms with Crippen LogP contribution in [0.1, 0.15) is 17.2 Å². The number of aliphatic hydroxyl groups excluding tert-OH is 10. The molecular weight excluding hydrogens is 856 g/mol. The molecule has 5 aliphatic rings. The summed E-state index contributed by atoms with van der Waals surface area (Å²) in [7, 11) is 0. The second-order valence-electron chi connectivity index (χ2n) is 15.3. The van der Waals surface area contributed by atoms with Gasteiger partial charge >= 0.3 is 5.97 Å². The quantitative estimate of drug-likeness (QED) is 0.0297. The molecule has 64 heavy (non-hydrogen) atoms. The lowest BCUT2D eigenvalue weighted by molar-refractivity contribution is -0.342. The Hall–Kier alpha value is -5.28. The number of phenols is 3. The zero-order valence-electron chi connectivity index (χ0n) is 33.2. The molecule has 0 radical (unpaired) electrons. The van der Waals surface area contributed by atoms with Crippen LogP contribution in [-0.4, -0.2) is 183 Å². The van der Waals surface area contributed by atoms with Crippen LogP contribution in [0.5, 0.6) is 23.0 Å². The monoisotopic (exact) mass is 903 g/mol. The average molecular weight is 904 g/mol. The van der Waals surface area contributed by atoms with E-state index < -0.39 is 129 Å². The highest BCUT2D eigenvalue weighted by molar-refractivity contribution is 5.88. The second-order valence-corrected chi connectivity index (χ2v) is 15.3. The third kappa shape index (κ3) is 9.56. The summed E-state index contributed by atoms with van der Waals surface area (Å²) in [5, 5.41) is 136. The minimum atomic E-state index is -2.02. The largest absolute Gasteiger partial charge is 0.510 e. The first-order valence-corrected chi connectivity index (χ1v) is 19.7. The molecule has 3 saturated heterocycles. The topological polar surface area (TPSA) is 370 Å². The van der Waals surface area contributed by atoms with E-state index in [0.717, 1.165) is 18.2 Å². The zero-order chi connectivity index (χ0) is 46.1. The highest BCUT2D eigenvalue weighted by Gasteiger charge is 2.53. The Kier molecular flexibility index (Phi) is 14.2. The summed E-state index contributed by atoms with van der Waals surface area (Å²) < 4.78 is 41.2. The molecule has 22 nitrogen and oxygen atoms in total. The number of benzene rings is 3. The van der Waals surface area contributed by atoms with Crippen LogP contribution in [-0.2, 0) is 23.7 Å². The van der Waals surface area contributed by atoms with E-state index >= 15 is 0 Å². The Bertz CT molecular complexity index is 2300. The first kappa shape index (κ1) is 46.7. The summed E-state index contributed by atoms with van der Waals surface area (Å²) in [6.07, 6.45) is -24.5. The van der Waals surface area contributed by atoms with Crippen molar-refractivity contribution in [3.8, 4) is 45.6 Å². The van der Waals surface area contributed by atoms with Gasteiger partial charge in [0.2, 0.25) is 12.9 Å². The van der Waals surface area contributed by atoms with Crippen molar-refractivity contribution >= 4 is 12.0 Å². The summed E-state index contributed by atoms with van der Waals surface area (Å²) in [4.78, 5) is 23.7. The number of hydrogen-bond donors (Lipinski definition) is 13. The molecule has 0 aromatic heterocycles. The van der Waals surface area contributed by atoms with E-state index in [9.17, 15) is 76.0 Å². The summed E-state index contributed by atoms with van der Waals surface area (Å²) >= 11 is 0. The molecule has 7 rings (SSSR count). The van der Waals surface area contributed by atoms with E-state index in [4.69, 9.17) is 32.8 Å². The minimum absolute atomic E-state index is 0.0610. The molecule has 0 bridgehead atoms. The van der Waals surface area contributed by atoms with Gasteiger partial charge in [-0.3, -0.25) is 4.79 Å². The number of aromatic hydroxyl groups is 3. The van der Waals surface area contributed by atoms with Crippen LogP contribution in [0.4, 0.5) is 0 Å². The van der Waals surface area contributed by atoms with Crippen molar-refractivity contribution in [3.63, 3.8) is 0 Å². The van der Waals surface area contributed by atoms with Gasteiger partial charge in [0, 0.05) is 23.3 Å². The Labute approximate surface area is 361 Å². The normalized spacial score (nSPS) is 33.3. The number of rotatable bonds is 12. The molecule has 14 N–H and O–H groups in total. The molecule has 15 atom stereocenters. The van der Waals surface area contributed by atoms with Gasteiger partial charge in [-0.05, 0) is 54.1 Å². The molecular formula is C42H47O22+. The maximum atomic E-state index is 13.1. The predicted octanol–water partition coefficient (Wildman–Crippen LogP) is -2.71. The van der Waals surface area contributed by atoms with Crippen LogP contribution < -0.4 is 10.2 Å². The lowest BCUT2D eigenvalue weighted by atomic mass is 9.88. The van der Waals surface area contributed by atoms with Crippen molar-refractivity contribution in [2.45, 2.75) is 91.9 Å². The van der Waals surface area contributed by atoms with Crippen molar-refractivity contribution in [1.82, 2.24) is 0 Å². The smallest absolute Gasteiger partial charge is 0.508 e. The Morgan fingerprint density at radius 2 is 1.30 bits per heavy atom. The Morgan fingerprint density at radius 3 is 1.94 bits per heavy atom. The highest BCUT2D eigenvalue weighted by Crippen LogP contribution is 2.45. The Morgan fingerprint density at radius 1 is 0.672 bits per heavy atom. The standard InChI is InChI=1S/C42H46O22/c43-13-26-30(50)33(53)36(56)41(62-26)61-25-11-19(46)10-24-20(25)12-21(38(59-24)17-3-5-18(45)6-4-17)39-40(64-42-37(57)34(54)31(51)27(14-44)63-42)35(55)32(52)28(60-39)15-58-29(49)8-2-16-1-7-22(47)23(48)9-16/h1-12,26-28,30-37,39-45,47-48,50-57H,13-15H2/p+1/t26-,27-,28-,30-,31-,32-,33+,34+,35+,36-,37-,39+,40-,41-,42+/m1/s1. The van der Waals surface area contributed by atoms with Gasteiger partial charge in [-0.25, -0.2) is 0 Å². The number of ether oxygens (including phenoxy) is 6. The third-order valence-electron chi connectivity index (χ3n) is 11.0. The number of esters is 1. The van der Waals surface area contributed by atoms with E-state index in [1.54, 1.807) is 0 Å². The summed E-state index contributed by atoms with van der Waals surface area (Å²) in [5.74, 6) is -2.35. The summed E-state index contributed by atoms with van der Waals surface area (Å²) in [6, 6.07) is 12.6. The average Bonchev–Trinajstić information content (AvgIpc) is 3.28. The summed E-state index contributed by atoms with van der Waals surface area (Å²) in [5.41, 5.74) is -0.289. The predicted molar refractivity (Wildman–Crippen MR) is 213 cm³/mol. The number of carbonyl (C=O) groups excluding carboxylic acids is 1. The third-order valence-corrected chi connectivity index (χ3v) is 11.0. The van der Waals surface area contributed by atoms with Gasteiger partial charge in [-0.2, -0.15) is 0 Å². The fourth-order valence-electron chi connectivity index (χ4n) is 7.47. The second kappa shape index (κ2) is 19.4. The van der Waals surface area contributed by atoms with E-state index in [1.807, 2.05) is 0 Å². The molecule has 4 heterocycles. The number of aliphatic hydroxyl groups is 10. The Balaban J connectivity index is 1.31. The van der Waals surface area contributed by atoms with Crippen LogP contribution >= 0.6 is 0 Å². The van der Waals surface area contributed by atoms with Crippen LogP contribution in [0.15, 0.2) is 76.0 Å². The molecule has 1 aliphatic carbocycles. The molecule has 4 aliphatic heterocycles. The molecule has 2 aromatic rings. The highest BCUT2D eigenvalue weighted by atomic mass is 16.7. The fourth-order valence-corrected chi connectivity index (χ4v) is 7.47. The fraction of sp³-hybridized carbons (Fsp3) is 0.429. The molecule has 0 saturated carbocycles. The first-order valence-electron chi connectivity index (χ1n) is 19.7. The number of fused-ring (bicyclic) bond motifs is 1. The van der Waals surface area contributed by atoms with Gasteiger partial charge in [-0.1, -0.05) is 6.07 Å². The van der Waals surface area contributed by atoms with E-state index in [1.165, 1.54) is 54.6 Å². The number of hydrogen-bond acceptors (Lipinski definition) is 21. The molecule has 0 unspecified atom stereocenters. The molecule has 22 heteroatoms. The van der Waals surface area contributed by atoms with Crippen molar-refractivity contribution in [2.75, 3.05) is 19.8 Å². The molecule has 0 amide bonds. The van der Waals surface area contributed by atoms with Gasteiger partial charge < -0.3 is 104 Å². The molecule has 3 fully saturated rings. The van der Waals surface area contributed by atoms with Crippen molar-refractivity contribution in [2.24, 2.45) is 0 Å². The van der Waals surface area contributed by atoms with Crippen LogP contribution in [0.2, 0.25) is 0 Å². The minimum Gasteiger partial charge on any atom is -0.508 e. The van der Waals surface area contributed by atoms with Crippen LogP contribution in [0.25, 0.3) is 28.7 Å². The van der Waals surface area contributed by atoms with E-state index in [0.29, 0.717) is 5.56 Å². The van der Waals surface area contributed by atoms with Crippen LogP contribution in [0.3, 0.4) is 0 Å². The molecule has 346 valence electrons. The first-order chi connectivity index (χ1) is 30.5. The van der Waals surface area contributed by atoms with Gasteiger partial charge in [-0.15, -0.1) is 0 Å². The van der Waals surface area contributed by atoms with Gasteiger partial charge in [0.25, 0.3) is 0 Å². The SMILES string of the molecule is O=c1cc2oc(-c3ccc(O)cc3)c([C@@H]3O[C@H](COC(=[OH+])C=Cc4ccc(O)c(O)c4)[C@@H](O)[C@H](O)[C@H]3O[C@@H]3O[C@H](CO)[C@@H](O)[C@H](O)[C@H]3O)cc-2c(O[C@@H]2O[C@H](CO)[C@@H](O)[C@H](O)[C@H]2O)c1. The zero-order valence-corrected chi connectivity index (χ0v) is 33.2. The van der Waals surface area contributed by atoms with Crippen molar-refractivity contribution < 1.29 is 104 Å². The molecule has 2 aromatic carbocycles.